The van der Waals surface area contributed by atoms with Crippen molar-refractivity contribution < 1.29 is 9.26 Å². The minimum atomic E-state index is -0.152. The molecule has 2 N–H and O–H groups in total. The molecule has 0 aliphatic carbocycles. The number of ether oxygens (including phenoxy) is 1. The van der Waals surface area contributed by atoms with Crippen LogP contribution in [0.3, 0.4) is 0 Å². The predicted octanol–water partition coefficient (Wildman–Crippen LogP) is 1.40. The molecule has 0 bridgehead atoms. The number of rotatable bonds is 8. The Hall–Kier alpha value is -0.590. The van der Waals surface area contributed by atoms with Gasteiger partial charge in [0, 0.05) is 13.0 Å². The van der Waals surface area contributed by atoms with Crippen molar-refractivity contribution in [3.05, 3.63) is 11.7 Å². The molecule has 0 unspecified atom stereocenters. The second kappa shape index (κ2) is 7.65. The van der Waals surface area contributed by atoms with E-state index in [-0.39, 0.29) is 6.04 Å². The molecule has 5 nitrogen and oxygen atoms in total. The van der Waals surface area contributed by atoms with Crippen LogP contribution in [-0.2, 0) is 11.2 Å². The maximum Gasteiger partial charge on any atom is 0.243 e. The molecule has 0 saturated heterocycles. The molecular weight excluding hydrogens is 226 g/mol. The summed E-state index contributed by atoms with van der Waals surface area (Å²) in [6.45, 7) is 3.29. The van der Waals surface area contributed by atoms with Crippen molar-refractivity contribution in [1.29, 1.82) is 0 Å². The Morgan fingerprint density at radius 2 is 2.38 bits per heavy atom. The van der Waals surface area contributed by atoms with E-state index >= 15 is 0 Å². The molecule has 0 fully saturated rings. The molecule has 0 amide bonds. The van der Waals surface area contributed by atoms with Crippen molar-refractivity contribution in [2.45, 2.75) is 25.8 Å². The fourth-order valence-electron chi connectivity index (χ4n) is 1.20. The average molecular weight is 245 g/mol. The molecule has 0 radical (unpaired) electrons. The van der Waals surface area contributed by atoms with Gasteiger partial charge in [0.1, 0.15) is 0 Å². The van der Waals surface area contributed by atoms with Crippen LogP contribution < -0.4 is 5.73 Å². The molecule has 0 aromatic carbocycles. The monoisotopic (exact) mass is 245 g/mol. The van der Waals surface area contributed by atoms with E-state index in [2.05, 4.69) is 10.1 Å². The lowest BCUT2D eigenvalue weighted by Crippen LogP contribution is -2.11. The summed E-state index contributed by atoms with van der Waals surface area (Å²) in [5, 5.41) is 3.86. The molecule has 0 aliphatic heterocycles. The van der Waals surface area contributed by atoms with E-state index in [9.17, 15) is 0 Å². The zero-order valence-electron chi connectivity index (χ0n) is 9.81. The molecule has 1 rings (SSSR count). The lowest BCUT2D eigenvalue weighted by molar-refractivity contribution is 0.149. The van der Waals surface area contributed by atoms with Crippen molar-refractivity contribution in [2.75, 3.05) is 25.2 Å². The molecule has 1 heterocycles. The van der Waals surface area contributed by atoms with Gasteiger partial charge in [0.2, 0.25) is 5.89 Å². The normalized spacial score (nSPS) is 12.9. The van der Waals surface area contributed by atoms with Gasteiger partial charge in [0.05, 0.1) is 12.6 Å². The van der Waals surface area contributed by atoms with E-state index in [1.54, 1.807) is 11.8 Å². The molecule has 6 heteroatoms. The Kier molecular flexibility index (Phi) is 6.44. The van der Waals surface area contributed by atoms with Crippen LogP contribution in [0, 0.1) is 0 Å². The summed E-state index contributed by atoms with van der Waals surface area (Å²) in [6.07, 6.45) is 3.58. The first-order valence-electron chi connectivity index (χ1n) is 5.42. The van der Waals surface area contributed by atoms with Gasteiger partial charge < -0.3 is 15.0 Å². The van der Waals surface area contributed by atoms with E-state index in [1.165, 1.54) is 0 Å². The largest absolute Gasteiger partial charge is 0.381 e. The van der Waals surface area contributed by atoms with Gasteiger partial charge in [-0.2, -0.15) is 16.7 Å². The first kappa shape index (κ1) is 13.5. The van der Waals surface area contributed by atoms with E-state index in [4.69, 9.17) is 15.0 Å². The number of thioether (sulfide) groups is 1. The molecule has 1 atom stereocenters. The topological polar surface area (TPSA) is 74.2 Å². The van der Waals surface area contributed by atoms with Crippen LogP contribution in [0.5, 0.6) is 0 Å². The second-order valence-corrected chi connectivity index (χ2v) is 4.37. The van der Waals surface area contributed by atoms with Gasteiger partial charge in [-0.1, -0.05) is 5.16 Å². The molecule has 1 aromatic rings. The van der Waals surface area contributed by atoms with Gasteiger partial charge in [-0.3, -0.25) is 0 Å². The third-order valence-electron chi connectivity index (χ3n) is 2.11. The summed E-state index contributed by atoms with van der Waals surface area (Å²) < 4.78 is 10.3. The zero-order chi connectivity index (χ0) is 11.8. The highest BCUT2D eigenvalue weighted by Gasteiger charge is 2.13. The number of hydrogen-bond acceptors (Lipinski definition) is 6. The first-order valence-corrected chi connectivity index (χ1v) is 6.82. The van der Waals surface area contributed by atoms with Crippen molar-refractivity contribution in [3.63, 3.8) is 0 Å². The van der Waals surface area contributed by atoms with Crippen LogP contribution in [0.2, 0.25) is 0 Å². The van der Waals surface area contributed by atoms with Gasteiger partial charge in [-0.05, 0) is 25.4 Å². The minimum absolute atomic E-state index is 0.152. The Balaban J connectivity index is 2.37. The summed E-state index contributed by atoms with van der Waals surface area (Å²) in [7, 11) is 0. The molecule has 0 spiro atoms. The quantitative estimate of drug-likeness (QED) is 0.698. The van der Waals surface area contributed by atoms with Crippen LogP contribution in [0.25, 0.3) is 0 Å². The maximum absolute atomic E-state index is 5.91. The molecular formula is C10H19N3O2S. The minimum Gasteiger partial charge on any atom is -0.381 e. The van der Waals surface area contributed by atoms with E-state index in [0.29, 0.717) is 31.3 Å². The highest BCUT2D eigenvalue weighted by molar-refractivity contribution is 7.98. The Morgan fingerprint density at radius 3 is 3.06 bits per heavy atom. The Bertz CT molecular complexity index is 293. The highest BCUT2D eigenvalue weighted by Crippen LogP contribution is 2.13. The standard InChI is InChI=1S/C10H19N3O2S/c1-3-14-6-4-9-12-10(15-13-9)8(11)5-7-16-2/h8H,3-7,11H2,1-2H3/t8-/m1/s1. The average Bonchev–Trinajstić information content (AvgIpc) is 2.75. The third-order valence-corrected chi connectivity index (χ3v) is 2.75. The molecule has 0 aliphatic rings. The van der Waals surface area contributed by atoms with Gasteiger partial charge >= 0.3 is 0 Å². The second-order valence-electron chi connectivity index (χ2n) is 3.38. The molecule has 92 valence electrons. The van der Waals surface area contributed by atoms with Crippen molar-refractivity contribution >= 4 is 11.8 Å². The molecule has 0 saturated carbocycles. The maximum atomic E-state index is 5.91. The van der Waals surface area contributed by atoms with Crippen molar-refractivity contribution in [1.82, 2.24) is 10.1 Å². The summed E-state index contributed by atoms with van der Waals surface area (Å²) in [6, 6.07) is -0.152. The fourth-order valence-corrected chi connectivity index (χ4v) is 1.69. The summed E-state index contributed by atoms with van der Waals surface area (Å²) >= 11 is 1.76. The van der Waals surface area contributed by atoms with E-state index < -0.39 is 0 Å². The smallest absolute Gasteiger partial charge is 0.243 e. The SMILES string of the molecule is CCOCCc1noc([C@H](N)CCSC)n1. The van der Waals surface area contributed by atoms with E-state index in [0.717, 1.165) is 12.2 Å². The number of nitrogens with two attached hydrogens (primary N) is 1. The summed E-state index contributed by atoms with van der Waals surface area (Å²) in [5.74, 6) is 2.20. The van der Waals surface area contributed by atoms with Gasteiger partial charge in [0.15, 0.2) is 5.82 Å². The summed E-state index contributed by atoms with van der Waals surface area (Å²) in [4.78, 5) is 4.24. The zero-order valence-corrected chi connectivity index (χ0v) is 10.6. The van der Waals surface area contributed by atoms with Crippen LogP contribution in [0.1, 0.15) is 31.1 Å². The highest BCUT2D eigenvalue weighted by atomic mass is 32.2. The lowest BCUT2D eigenvalue weighted by Gasteiger charge is -2.03. The Morgan fingerprint density at radius 1 is 1.56 bits per heavy atom. The van der Waals surface area contributed by atoms with Crippen molar-refractivity contribution in [2.24, 2.45) is 5.73 Å². The molecule has 16 heavy (non-hydrogen) atoms. The van der Waals surface area contributed by atoms with Crippen LogP contribution in [0.15, 0.2) is 4.52 Å². The fraction of sp³-hybridized carbons (Fsp3) is 0.800. The lowest BCUT2D eigenvalue weighted by atomic mass is 10.2. The van der Waals surface area contributed by atoms with Gasteiger partial charge in [0.25, 0.3) is 0 Å². The third kappa shape index (κ3) is 4.51. The number of hydrogen-bond donors (Lipinski definition) is 1. The van der Waals surface area contributed by atoms with E-state index in [1.807, 2.05) is 13.2 Å². The predicted molar refractivity (Wildman–Crippen MR) is 64.4 cm³/mol. The number of aromatic nitrogens is 2. The first-order chi connectivity index (χ1) is 7.77. The van der Waals surface area contributed by atoms with Crippen LogP contribution in [0.4, 0.5) is 0 Å². The van der Waals surface area contributed by atoms with Gasteiger partial charge in [-0.15, -0.1) is 0 Å². The van der Waals surface area contributed by atoms with Crippen LogP contribution >= 0.6 is 11.8 Å². The Labute approximate surface area is 100 Å². The molecule has 1 aromatic heterocycles. The van der Waals surface area contributed by atoms with Crippen LogP contribution in [-0.4, -0.2) is 35.4 Å². The number of nitrogens with zero attached hydrogens (tertiary/aromatic N) is 2. The summed E-state index contributed by atoms with van der Waals surface area (Å²) in [5.41, 5.74) is 5.91. The van der Waals surface area contributed by atoms with Gasteiger partial charge in [-0.25, -0.2) is 0 Å². The van der Waals surface area contributed by atoms with Crippen molar-refractivity contribution in [3.8, 4) is 0 Å².